The van der Waals surface area contributed by atoms with Crippen molar-refractivity contribution in [1.29, 1.82) is 0 Å². The van der Waals surface area contributed by atoms with Gasteiger partial charge in [0.05, 0.1) is 20.3 Å². The van der Waals surface area contributed by atoms with Crippen molar-refractivity contribution >= 4 is 17.3 Å². The molecule has 19 heavy (non-hydrogen) atoms. The second-order valence-corrected chi connectivity index (χ2v) is 4.65. The summed E-state index contributed by atoms with van der Waals surface area (Å²) < 4.78 is 10.4. The number of nitrogens with zero attached hydrogens (tertiary/aromatic N) is 1. The number of rotatable bonds is 4. The van der Waals surface area contributed by atoms with Gasteiger partial charge in [-0.3, -0.25) is 5.43 Å². The van der Waals surface area contributed by atoms with Crippen LogP contribution in [0, 0.1) is 0 Å². The van der Waals surface area contributed by atoms with Gasteiger partial charge in [-0.25, -0.2) is 5.01 Å². The molecule has 1 saturated heterocycles. The molecule has 5 nitrogen and oxygen atoms in total. The van der Waals surface area contributed by atoms with E-state index in [2.05, 4.69) is 15.8 Å². The van der Waals surface area contributed by atoms with E-state index in [1.165, 1.54) is 0 Å². The molecule has 1 aliphatic heterocycles. The molecule has 1 heterocycles. The summed E-state index contributed by atoms with van der Waals surface area (Å²) in [5, 5.41) is 5.88. The maximum Gasteiger partial charge on any atom is 0.181 e. The molecule has 2 N–H and O–H groups in total. The minimum absolute atomic E-state index is 0.637. The van der Waals surface area contributed by atoms with Crippen LogP contribution in [0.1, 0.15) is 5.56 Å². The van der Waals surface area contributed by atoms with Crippen LogP contribution in [0.15, 0.2) is 24.3 Å². The van der Waals surface area contributed by atoms with E-state index >= 15 is 0 Å². The number of benzene rings is 1. The molecule has 0 atom stereocenters. The molecule has 104 valence electrons. The molecule has 0 aromatic heterocycles. The number of hydrogen-bond donors (Lipinski definition) is 2. The molecule has 0 unspecified atom stereocenters. The fourth-order valence-electron chi connectivity index (χ4n) is 1.78. The lowest BCUT2D eigenvalue weighted by molar-refractivity contribution is 0.0247. The molecule has 6 heteroatoms. The molecule has 0 spiro atoms. The summed E-state index contributed by atoms with van der Waals surface area (Å²) in [6.07, 6.45) is 0. The van der Waals surface area contributed by atoms with Gasteiger partial charge in [-0.15, -0.1) is 0 Å². The molecule has 1 aliphatic rings. The molecule has 0 aliphatic carbocycles. The first kappa shape index (κ1) is 14.0. The Morgan fingerprint density at radius 2 is 2.00 bits per heavy atom. The van der Waals surface area contributed by atoms with Crippen LogP contribution >= 0.6 is 12.2 Å². The maximum absolute atomic E-state index is 5.28. The minimum atomic E-state index is 0.637. The summed E-state index contributed by atoms with van der Waals surface area (Å²) in [6.45, 7) is 3.89. The van der Waals surface area contributed by atoms with E-state index in [4.69, 9.17) is 21.7 Å². The highest BCUT2D eigenvalue weighted by molar-refractivity contribution is 7.80. The van der Waals surface area contributed by atoms with Crippen LogP contribution in [-0.4, -0.2) is 43.5 Å². The topological polar surface area (TPSA) is 45.8 Å². The van der Waals surface area contributed by atoms with Crippen LogP contribution < -0.4 is 15.5 Å². The molecule has 0 radical (unpaired) electrons. The standard InChI is InChI=1S/C13H19N3O2S/c1-17-12-4-2-11(3-5-12)10-14-13(19)15-16-6-8-18-9-7-16/h2-5H,6-10H2,1H3,(H2,14,15,19). The van der Waals surface area contributed by atoms with Gasteiger partial charge in [0.1, 0.15) is 5.75 Å². The Morgan fingerprint density at radius 3 is 2.63 bits per heavy atom. The van der Waals surface area contributed by atoms with Crippen molar-refractivity contribution in [2.45, 2.75) is 6.54 Å². The summed E-state index contributed by atoms with van der Waals surface area (Å²) in [7, 11) is 1.66. The summed E-state index contributed by atoms with van der Waals surface area (Å²) in [4.78, 5) is 0. The first-order valence-corrected chi connectivity index (χ1v) is 6.69. The number of morpholine rings is 1. The van der Waals surface area contributed by atoms with E-state index in [0.29, 0.717) is 11.7 Å². The van der Waals surface area contributed by atoms with Crippen LogP contribution in [0.5, 0.6) is 5.75 Å². The highest BCUT2D eigenvalue weighted by atomic mass is 32.1. The molecule has 1 aromatic rings. The third-order valence-electron chi connectivity index (χ3n) is 2.88. The lowest BCUT2D eigenvalue weighted by atomic mass is 10.2. The summed E-state index contributed by atoms with van der Waals surface area (Å²) in [5.41, 5.74) is 4.32. The number of methoxy groups -OCH3 is 1. The van der Waals surface area contributed by atoms with Gasteiger partial charge < -0.3 is 14.8 Å². The second kappa shape index (κ2) is 7.28. The molecular weight excluding hydrogens is 262 g/mol. The Bertz CT molecular complexity index is 405. The van der Waals surface area contributed by atoms with Gasteiger partial charge in [0.25, 0.3) is 0 Å². The van der Waals surface area contributed by atoms with Gasteiger partial charge in [-0.05, 0) is 29.9 Å². The van der Waals surface area contributed by atoms with E-state index in [0.717, 1.165) is 37.6 Å². The van der Waals surface area contributed by atoms with Crippen LogP contribution in [0.3, 0.4) is 0 Å². The number of thiocarbonyl (C=S) groups is 1. The Labute approximate surface area is 118 Å². The van der Waals surface area contributed by atoms with E-state index in [1.807, 2.05) is 24.3 Å². The second-order valence-electron chi connectivity index (χ2n) is 4.24. The number of ether oxygens (including phenoxy) is 2. The SMILES string of the molecule is COc1ccc(CNC(=S)NN2CCOCC2)cc1. The first-order chi connectivity index (χ1) is 9.28. The molecule has 2 rings (SSSR count). The predicted octanol–water partition coefficient (Wildman–Crippen LogP) is 0.906. The van der Waals surface area contributed by atoms with Gasteiger partial charge in [0, 0.05) is 19.6 Å². The molecule has 1 fully saturated rings. The Hall–Kier alpha value is -1.37. The van der Waals surface area contributed by atoms with Crippen LogP contribution in [0.4, 0.5) is 0 Å². The zero-order chi connectivity index (χ0) is 13.5. The van der Waals surface area contributed by atoms with Crippen LogP contribution in [-0.2, 0) is 11.3 Å². The molecule has 1 aromatic carbocycles. The normalized spacial score (nSPS) is 15.8. The monoisotopic (exact) mass is 281 g/mol. The van der Waals surface area contributed by atoms with Gasteiger partial charge in [-0.2, -0.15) is 0 Å². The van der Waals surface area contributed by atoms with Crippen LogP contribution in [0.25, 0.3) is 0 Å². The van der Waals surface area contributed by atoms with Crippen molar-refractivity contribution in [1.82, 2.24) is 15.8 Å². The highest BCUT2D eigenvalue weighted by Gasteiger charge is 2.10. The van der Waals surface area contributed by atoms with E-state index in [-0.39, 0.29) is 0 Å². The van der Waals surface area contributed by atoms with E-state index in [1.54, 1.807) is 7.11 Å². The van der Waals surface area contributed by atoms with E-state index < -0.39 is 0 Å². The van der Waals surface area contributed by atoms with Crippen LogP contribution in [0.2, 0.25) is 0 Å². The molecule has 0 amide bonds. The average Bonchev–Trinajstić information content (AvgIpc) is 2.47. The van der Waals surface area contributed by atoms with Crippen molar-refractivity contribution in [3.63, 3.8) is 0 Å². The highest BCUT2D eigenvalue weighted by Crippen LogP contribution is 2.10. The van der Waals surface area contributed by atoms with Gasteiger partial charge in [0.2, 0.25) is 0 Å². The number of nitrogens with one attached hydrogen (secondary N) is 2. The van der Waals surface area contributed by atoms with Crippen molar-refractivity contribution in [2.24, 2.45) is 0 Å². The van der Waals surface area contributed by atoms with Gasteiger partial charge in [-0.1, -0.05) is 12.1 Å². The third-order valence-corrected chi connectivity index (χ3v) is 3.12. The molecular formula is C13H19N3O2S. The molecule has 0 saturated carbocycles. The fourth-order valence-corrected chi connectivity index (χ4v) is 1.99. The minimum Gasteiger partial charge on any atom is -0.497 e. The molecule has 0 bridgehead atoms. The fraction of sp³-hybridized carbons (Fsp3) is 0.462. The van der Waals surface area contributed by atoms with Gasteiger partial charge >= 0.3 is 0 Å². The smallest absolute Gasteiger partial charge is 0.181 e. The summed E-state index contributed by atoms with van der Waals surface area (Å²) >= 11 is 5.25. The van der Waals surface area contributed by atoms with Gasteiger partial charge in [0.15, 0.2) is 5.11 Å². The quantitative estimate of drug-likeness (QED) is 0.800. The largest absolute Gasteiger partial charge is 0.497 e. The zero-order valence-electron chi connectivity index (χ0n) is 11.0. The predicted molar refractivity (Wildman–Crippen MR) is 78.0 cm³/mol. The van der Waals surface area contributed by atoms with Crippen molar-refractivity contribution in [3.05, 3.63) is 29.8 Å². The zero-order valence-corrected chi connectivity index (χ0v) is 11.8. The Morgan fingerprint density at radius 1 is 1.32 bits per heavy atom. The van der Waals surface area contributed by atoms with E-state index in [9.17, 15) is 0 Å². The average molecular weight is 281 g/mol. The Balaban J connectivity index is 1.72. The summed E-state index contributed by atoms with van der Waals surface area (Å²) in [5.74, 6) is 0.859. The van der Waals surface area contributed by atoms with Crippen molar-refractivity contribution in [2.75, 3.05) is 33.4 Å². The number of hydrogen-bond acceptors (Lipinski definition) is 4. The maximum atomic E-state index is 5.28. The lowest BCUT2D eigenvalue weighted by Crippen LogP contribution is -2.51. The third kappa shape index (κ3) is 4.66. The first-order valence-electron chi connectivity index (χ1n) is 6.28. The summed E-state index contributed by atoms with van der Waals surface area (Å²) in [6, 6.07) is 7.91. The van der Waals surface area contributed by atoms with Crippen molar-refractivity contribution in [3.8, 4) is 5.75 Å². The number of hydrazine groups is 1. The Kier molecular flexibility index (Phi) is 5.38. The lowest BCUT2D eigenvalue weighted by Gasteiger charge is -2.28. The van der Waals surface area contributed by atoms with Crippen molar-refractivity contribution < 1.29 is 9.47 Å².